The first-order valence-electron chi connectivity index (χ1n) is 13.7. The number of nitro groups is 1. The highest BCUT2D eigenvalue weighted by molar-refractivity contribution is 8.01. The second-order valence-corrected chi connectivity index (χ2v) is 12.8. The Bertz CT molecular complexity index is 1980. The van der Waals surface area contributed by atoms with Crippen LogP contribution in [0.4, 0.5) is 11.4 Å². The Morgan fingerprint density at radius 2 is 1.81 bits per heavy atom. The molecule has 3 aromatic carbocycles. The lowest BCUT2D eigenvalue weighted by Crippen LogP contribution is -2.30. The third-order valence-corrected chi connectivity index (χ3v) is 10.0. The predicted molar refractivity (Wildman–Crippen MR) is 164 cm³/mol. The molecule has 1 aliphatic heterocycles. The number of amides is 2. The molecular formula is C31H22N6O4S2. The van der Waals surface area contributed by atoms with Crippen molar-refractivity contribution in [2.24, 2.45) is 11.8 Å². The monoisotopic (exact) mass is 606 g/mol. The smallest absolute Gasteiger partial charge is 0.283 e. The molecule has 3 heterocycles. The Balaban J connectivity index is 1.16. The second-order valence-electron chi connectivity index (χ2n) is 10.5. The molecule has 2 aromatic heterocycles. The van der Waals surface area contributed by atoms with E-state index in [1.165, 1.54) is 34.1 Å². The number of hydrogen-bond acceptors (Lipinski definition) is 9. The minimum Gasteiger partial charge on any atom is -0.337 e. The van der Waals surface area contributed by atoms with Crippen molar-refractivity contribution in [2.45, 2.75) is 34.9 Å². The lowest BCUT2D eigenvalue weighted by Gasteiger charge is -2.19. The number of nitro benzene ring substituents is 1. The van der Waals surface area contributed by atoms with Gasteiger partial charge < -0.3 is 4.98 Å². The summed E-state index contributed by atoms with van der Waals surface area (Å²) in [6.45, 7) is 0. The van der Waals surface area contributed by atoms with Gasteiger partial charge in [0.15, 0.2) is 4.34 Å². The number of para-hydroxylation sites is 2. The molecule has 212 valence electrons. The van der Waals surface area contributed by atoms with Crippen LogP contribution in [0.2, 0.25) is 0 Å². The molecule has 1 saturated carbocycles. The van der Waals surface area contributed by atoms with Gasteiger partial charge in [0.05, 0.1) is 54.2 Å². The van der Waals surface area contributed by atoms with Gasteiger partial charge in [-0.2, -0.15) is 5.26 Å². The number of anilines is 1. The van der Waals surface area contributed by atoms with Gasteiger partial charge >= 0.3 is 0 Å². The van der Waals surface area contributed by atoms with Gasteiger partial charge in [0, 0.05) is 6.07 Å². The third-order valence-electron chi connectivity index (χ3n) is 7.90. The number of H-pyrrole nitrogens is 1. The topological polar surface area (TPSA) is 146 Å². The number of carbonyl (C=O) groups is 2. The average molecular weight is 607 g/mol. The van der Waals surface area contributed by atoms with E-state index in [9.17, 15) is 25.0 Å². The van der Waals surface area contributed by atoms with Crippen LogP contribution < -0.4 is 4.90 Å². The van der Waals surface area contributed by atoms with Crippen LogP contribution in [-0.4, -0.2) is 31.7 Å². The van der Waals surface area contributed by atoms with Crippen molar-refractivity contribution in [1.82, 2.24) is 15.0 Å². The lowest BCUT2D eigenvalue weighted by molar-refractivity contribution is -0.387. The number of nitrogens with zero attached hydrogens (tertiary/aromatic N) is 5. The molecule has 2 aliphatic rings. The number of rotatable bonds is 6. The highest BCUT2D eigenvalue weighted by Crippen LogP contribution is 2.43. The van der Waals surface area contributed by atoms with Crippen LogP contribution in [0.25, 0.3) is 32.9 Å². The average Bonchev–Trinajstić information content (AvgIpc) is 3.70. The van der Waals surface area contributed by atoms with Gasteiger partial charge in [-0.05, 0) is 60.9 Å². The molecule has 1 N–H and O–H groups in total. The fourth-order valence-corrected chi connectivity index (χ4v) is 7.98. The molecule has 0 spiro atoms. The highest BCUT2D eigenvalue weighted by atomic mass is 32.2. The molecule has 12 heteroatoms. The van der Waals surface area contributed by atoms with Crippen LogP contribution in [0.5, 0.6) is 0 Å². The first kappa shape index (κ1) is 27.0. The molecule has 2 atom stereocenters. The summed E-state index contributed by atoms with van der Waals surface area (Å²) in [6.07, 6.45) is 5.00. The highest BCUT2D eigenvalue weighted by Gasteiger charge is 2.48. The van der Waals surface area contributed by atoms with Crippen molar-refractivity contribution in [3.63, 3.8) is 0 Å². The van der Waals surface area contributed by atoms with E-state index in [0.717, 1.165) is 41.4 Å². The standard InChI is InChI=1S/C31H22N6O4S2/c32-16-18(28-33-22-7-3-4-8-23(22)34-28)13-17-9-12-26(25(14-17)37(40)41)42-31-35-24-11-10-19(15-27(24)43-31)36-29(38)20-5-1-2-6-21(20)30(36)39/h3-4,7-15,20-21H,1-2,5-6H2,(H,33,34)/b18-13+/t20-,21-/m0/s1. The van der Waals surface area contributed by atoms with Gasteiger partial charge in [0.25, 0.3) is 5.69 Å². The minimum absolute atomic E-state index is 0.114. The number of imide groups is 1. The molecule has 1 saturated heterocycles. The zero-order chi connectivity index (χ0) is 29.7. The summed E-state index contributed by atoms with van der Waals surface area (Å²) in [7, 11) is 0. The number of aromatic amines is 1. The maximum atomic E-state index is 13.1. The number of nitriles is 1. The number of carbonyl (C=O) groups excluding carboxylic acids is 2. The van der Waals surface area contributed by atoms with E-state index in [4.69, 9.17) is 0 Å². The number of imidazole rings is 1. The summed E-state index contributed by atoms with van der Waals surface area (Å²) in [5, 5.41) is 21.8. The quantitative estimate of drug-likeness (QED) is 0.0943. The van der Waals surface area contributed by atoms with Crippen LogP contribution in [0, 0.1) is 33.3 Å². The Kier molecular flexibility index (Phi) is 6.76. The lowest BCUT2D eigenvalue weighted by atomic mass is 9.81. The van der Waals surface area contributed by atoms with Crippen LogP contribution in [0.3, 0.4) is 0 Å². The predicted octanol–water partition coefficient (Wildman–Crippen LogP) is 6.98. The van der Waals surface area contributed by atoms with Crippen molar-refractivity contribution in [3.8, 4) is 6.07 Å². The largest absolute Gasteiger partial charge is 0.337 e. The molecule has 43 heavy (non-hydrogen) atoms. The molecule has 7 rings (SSSR count). The molecule has 1 aliphatic carbocycles. The van der Waals surface area contributed by atoms with E-state index < -0.39 is 4.92 Å². The van der Waals surface area contributed by atoms with E-state index in [2.05, 4.69) is 21.0 Å². The molecule has 0 bridgehead atoms. The van der Waals surface area contributed by atoms with Crippen LogP contribution >= 0.6 is 23.1 Å². The number of nitrogens with one attached hydrogen (secondary N) is 1. The number of allylic oxidation sites excluding steroid dienone is 1. The molecule has 0 unspecified atom stereocenters. The first-order chi connectivity index (χ1) is 20.9. The molecule has 5 aromatic rings. The Labute approximate surface area is 253 Å². The van der Waals surface area contributed by atoms with Crippen molar-refractivity contribution in [1.29, 1.82) is 5.26 Å². The van der Waals surface area contributed by atoms with E-state index in [0.29, 0.717) is 31.8 Å². The fourth-order valence-electron chi connectivity index (χ4n) is 5.84. The minimum atomic E-state index is -0.456. The summed E-state index contributed by atoms with van der Waals surface area (Å²) in [5.41, 5.74) is 3.35. The number of fused-ring (bicyclic) bond motifs is 3. The molecular weight excluding hydrogens is 585 g/mol. The van der Waals surface area contributed by atoms with E-state index in [1.807, 2.05) is 24.3 Å². The first-order valence-corrected chi connectivity index (χ1v) is 15.3. The number of aromatic nitrogens is 3. The zero-order valence-electron chi connectivity index (χ0n) is 22.5. The van der Waals surface area contributed by atoms with Gasteiger partial charge in [-0.25, -0.2) is 9.97 Å². The molecule has 10 nitrogen and oxygen atoms in total. The SMILES string of the molecule is N#C/C(=C\c1ccc(Sc2nc3ccc(N4C(=O)[C@H]5CCCC[C@@H]5C4=O)cc3s2)c([N+](=O)[O-])c1)c1nc2ccccc2[nH]1. The van der Waals surface area contributed by atoms with E-state index >= 15 is 0 Å². The van der Waals surface area contributed by atoms with Crippen molar-refractivity contribution in [2.75, 3.05) is 4.90 Å². The summed E-state index contributed by atoms with van der Waals surface area (Å²) >= 11 is 2.51. The van der Waals surface area contributed by atoms with Crippen molar-refractivity contribution >= 4 is 79.2 Å². The summed E-state index contributed by atoms with van der Waals surface area (Å²) in [5.74, 6) is -0.331. The van der Waals surface area contributed by atoms with Gasteiger partial charge in [-0.15, -0.1) is 11.3 Å². The van der Waals surface area contributed by atoms with Crippen LogP contribution in [0.15, 0.2) is 69.9 Å². The number of hydrogen-bond donors (Lipinski definition) is 1. The maximum absolute atomic E-state index is 13.1. The van der Waals surface area contributed by atoms with Gasteiger partial charge in [0.1, 0.15) is 11.9 Å². The second kappa shape index (κ2) is 10.8. The fraction of sp³-hybridized carbons (Fsp3) is 0.194. The molecule has 2 amide bonds. The van der Waals surface area contributed by atoms with Gasteiger partial charge in [-0.3, -0.25) is 24.6 Å². The Morgan fingerprint density at radius 1 is 1.05 bits per heavy atom. The van der Waals surface area contributed by atoms with Gasteiger partial charge in [0.2, 0.25) is 11.8 Å². The van der Waals surface area contributed by atoms with Crippen LogP contribution in [0.1, 0.15) is 37.1 Å². The summed E-state index contributed by atoms with van der Waals surface area (Å²) < 4.78 is 1.37. The van der Waals surface area contributed by atoms with Crippen molar-refractivity contribution in [3.05, 3.63) is 82.2 Å². The third kappa shape index (κ3) is 4.86. The van der Waals surface area contributed by atoms with Crippen molar-refractivity contribution < 1.29 is 14.5 Å². The van der Waals surface area contributed by atoms with E-state index in [-0.39, 0.29) is 34.9 Å². The van der Waals surface area contributed by atoms with Gasteiger partial charge in [-0.1, -0.05) is 42.8 Å². The zero-order valence-corrected chi connectivity index (χ0v) is 24.2. The Morgan fingerprint density at radius 3 is 2.53 bits per heavy atom. The molecule has 2 fully saturated rings. The normalized spacial score (nSPS) is 18.8. The van der Waals surface area contributed by atoms with E-state index in [1.54, 1.807) is 36.4 Å². The maximum Gasteiger partial charge on any atom is 0.283 e. The number of thiazole rings is 1. The van der Waals surface area contributed by atoms with Crippen LogP contribution in [-0.2, 0) is 9.59 Å². The molecule has 0 radical (unpaired) electrons. The summed E-state index contributed by atoms with van der Waals surface area (Å²) in [4.78, 5) is 51.7. The summed E-state index contributed by atoms with van der Waals surface area (Å²) in [6, 6.07) is 19.6. The number of benzene rings is 3. The Hall–Kier alpha value is -4.86.